The second-order valence-corrected chi connectivity index (χ2v) is 7.70. The summed E-state index contributed by atoms with van der Waals surface area (Å²) in [6.45, 7) is 8.64. The molecular weight excluding hydrogens is 338 g/mol. The van der Waals surface area contributed by atoms with Crippen molar-refractivity contribution in [3.8, 4) is 0 Å². The van der Waals surface area contributed by atoms with E-state index in [1.165, 1.54) is 26.4 Å². The maximum Gasteiger partial charge on any atom is 0.0627 e. The Morgan fingerprint density at radius 1 is 1.00 bits per heavy atom. The van der Waals surface area contributed by atoms with Crippen molar-refractivity contribution in [1.82, 2.24) is 0 Å². The third kappa shape index (κ3) is 2.69. The van der Waals surface area contributed by atoms with Crippen LogP contribution in [0.2, 0.25) is 0 Å². The highest BCUT2D eigenvalue weighted by Gasteiger charge is 2.21. The van der Waals surface area contributed by atoms with Crippen molar-refractivity contribution in [2.45, 2.75) is 37.0 Å². The van der Waals surface area contributed by atoms with Crippen LogP contribution in [0.3, 0.4) is 0 Å². The van der Waals surface area contributed by atoms with Crippen molar-refractivity contribution in [2.24, 2.45) is 0 Å². The van der Waals surface area contributed by atoms with E-state index >= 15 is 0 Å². The molecule has 134 valence electrons. The summed E-state index contributed by atoms with van der Waals surface area (Å²) in [5.41, 5.74) is 12.1. The molecule has 4 rings (SSSR count). The summed E-state index contributed by atoms with van der Waals surface area (Å²) >= 11 is 1.84. The summed E-state index contributed by atoms with van der Waals surface area (Å²) in [4.78, 5) is 4.92. The second kappa shape index (κ2) is 6.76. The van der Waals surface area contributed by atoms with Gasteiger partial charge in [0.2, 0.25) is 0 Å². The zero-order chi connectivity index (χ0) is 18.3. The molecule has 4 heteroatoms. The SMILES string of the molecule is CCc1cc2c(c3c(N)cccc13)Nc1ccc(N(CC)CC)cc1S2. The Morgan fingerprint density at radius 3 is 2.54 bits per heavy atom. The molecule has 3 nitrogen and oxygen atoms in total. The molecule has 26 heavy (non-hydrogen) atoms. The largest absolute Gasteiger partial charge is 0.398 e. The Bertz CT molecular complexity index is 977. The summed E-state index contributed by atoms with van der Waals surface area (Å²) in [5.74, 6) is 0. The number of hydrogen-bond donors (Lipinski definition) is 2. The molecule has 0 saturated carbocycles. The van der Waals surface area contributed by atoms with Crippen LogP contribution in [-0.4, -0.2) is 13.1 Å². The molecule has 0 unspecified atom stereocenters. The fraction of sp³-hybridized carbons (Fsp3) is 0.273. The van der Waals surface area contributed by atoms with E-state index in [0.29, 0.717) is 0 Å². The van der Waals surface area contributed by atoms with Crippen LogP contribution in [0.25, 0.3) is 10.8 Å². The van der Waals surface area contributed by atoms with Crippen LogP contribution in [0.1, 0.15) is 26.3 Å². The molecule has 0 radical (unpaired) electrons. The smallest absolute Gasteiger partial charge is 0.0627 e. The summed E-state index contributed by atoms with van der Waals surface area (Å²) in [6, 6.07) is 15.2. The van der Waals surface area contributed by atoms with Crippen LogP contribution < -0.4 is 16.0 Å². The van der Waals surface area contributed by atoms with Gasteiger partial charge in [-0.05, 0) is 61.5 Å². The molecule has 3 N–H and O–H groups in total. The Labute approximate surface area is 159 Å². The van der Waals surface area contributed by atoms with Crippen molar-refractivity contribution in [2.75, 3.05) is 29.0 Å². The van der Waals surface area contributed by atoms with Crippen molar-refractivity contribution >= 4 is 45.3 Å². The zero-order valence-electron chi connectivity index (χ0n) is 15.6. The number of nitrogens with zero attached hydrogens (tertiary/aromatic N) is 1. The van der Waals surface area contributed by atoms with Crippen molar-refractivity contribution in [3.05, 3.63) is 48.0 Å². The van der Waals surface area contributed by atoms with Crippen LogP contribution in [0.5, 0.6) is 0 Å². The normalized spacial score (nSPS) is 12.4. The average Bonchev–Trinajstić information content (AvgIpc) is 2.66. The molecule has 1 aliphatic heterocycles. The summed E-state index contributed by atoms with van der Waals surface area (Å²) in [6.07, 6.45) is 1.00. The molecular formula is C22H25N3S. The number of nitrogens with two attached hydrogens (primary N) is 1. The van der Waals surface area contributed by atoms with Crippen LogP contribution >= 0.6 is 11.8 Å². The van der Waals surface area contributed by atoms with Gasteiger partial charge in [-0.25, -0.2) is 0 Å². The number of nitrogens with one attached hydrogen (secondary N) is 1. The maximum atomic E-state index is 6.37. The van der Waals surface area contributed by atoms with Gasteiger partial charge in [0.25, 0.3) is 0 Å². The fourth-order valence-corrected chi connectivity index (χ4v) is 4.88. The number of benzene rings is 3. The number of hydrogen-bond acceptors (Lipinski definition) is 4. The molecule has 0 saturated heterocycles. The fourth-order valence-electron chi connectivity index (χ4n) is 3.78. The van der Waals surface area contributed by atoms with Crippen molar-refractivity contribution in [1.29, 1.82) is 0 Å². The summed E-state index contributed by atoms with van der Waals surface area (Å²) in [5, 5.41) is 6.06. The van der Waals surface area contributed by atoms with Crippen molar-refractivity contribution in [3.63, 3.8) is 0 Å². The second-order valence-electron chi connectivity index (χ2n) is 6.61. The van der Waals surface area contributed by atoms with E-state index in [9.17, 15) is 0 Å². The predicted molar refractivity (Wildman–Crippen MR) is 115 cm³/mol. The van der Waals surface area contributed by atoms with Gasteiger partial charge >= 0.3 is 0 Å². The van der Waals surface area contributed by atoms with E-state index in [-0.39, 0.29) is 0 Å². The third-order valence-electron chi connectivity index (χ3n) is 5.20. The molecule has 0 bridgehead atoms. The van der Waals surface area contributed by atoms with Gasteiger partial charge in [-0.2, -0.15) is 0 Å². The van der Waals surface area contributed by atoms with Crippen LogP contribution in [0, 0.1) is 0 Å². The lowest BCUT2D eigenvalue weighted by molar-refractivity contribution is 0.864. The summed E-state index contributed by atoms with van der Waals surface area (Å²) in [7, 11) is 0. The van der Waals surface area contributed by atoms with Gasteiger partial charge < -0.3 is 16.0 Å². The van der Waals surface area contributed by atoms with E-state index < -0.39 is 0 Å². The van der Waals surface area contributed by atoms with Crippen LogP contribution in [0.4, 0.5) is 22.7 Å². The Balaban J connectivity index is 1.85. The van der Waals surface area contributed by atoms with E-state index in [2.05, 4.69) is 61.3 Å². The van der Waals surface area contributed by atoms with Gasteiger partial charge in [-0.1, -0.05) is 30.8 Å². The molecule has 0 aromatic heterocycles. The molecule has 1 heterocycles. The molecule has 0 spiro atoms. The minimum Gasteiger partial charge on any atom is -0.398 e. The molecule has 3 aromatic carbocycles. The van der Waals surface area contributed by atoms with Gasteiger partial charge in [0.1, 0.15) is 0 Å². The Kier molecular flexibility index (Phi) is 4.45. The highest BCUT2D eigenvalue weighted by molar-refractivity contribution is 7.99. The van der Waals surface area contributed by atoms with Gasteiger partial charge in [0, 0.05) is 39.6 Å². The molecule has 0 amide bonds. The molecule has 0 fully saturated rings. The van der Waals surface area contributed by atoms with Crippen LogP contribution in [0.15, 0.2) is 52.3 Å². The summed E-state index contributed by atoms with van der Waals surface area (Å²) < 4.78 is 0. The quantitative estimate of drug-likeness (QED) is 0.434. The molecule has 3 aromatic rings. The van der Waals surface area contributed by atoms with E-state index in [4.69, 9.17) is 5.73 Å². The highest BCUT2D eigenvalue weighted by Crippen LogP contribution is 2.50. The first kappa shape index (κ1) is 17.1. The molecule has 0 aliphatic carbocycles. The number of anilines is 4. The monoisotopic (exact) mass is 363 g/mol. The number of aryl methyl sites for hydroxylation is 1. The topological polar surface area (TPSA) is 41.3 Å². The number of fused-ring (bicyclic) bond motifs is 4. The zero-order valence-corrected chi connectivity index (χ0v) is 16.4. The van der Waals surface area contributed by atoms with E-state index in [0.717, 1.165) is 42.0 Å². The lowest BCUT2D eigenvalue weighted by Gasteiger charge is -2.27. The van der Waals surface area contributed by atoms with Gasteiger partial charge in [-0.15, -0.1) is 0 Å². The number of nitrogen functional groups attached to an aromatic ring is 1. The van der Waals surface area contributed by atoms with Gasteiger partial charge in [-0.3, -0.25) is 0 Å². The standard InChI is InChI=1S/C22H25N3S/c1-4-14-12-20-22(21-16(14)8-7-9-17(21)23)24-18-11-10-15(13-19(18)26-20)25(5-2)6-3/h7-13,24H,4-6,23H2,1-3H3. The lowest BCUT2D eigenvalue weighted by Crippen LogP contribution is -2.21. The van der Waals surface area contributed by atoms with E-state index in [1.807, 2.05) is 23.9 Å². The Hall–Kier alpha value is -2.33. The highest BCUT2D eigenvalue weighted by atomic mass is 32.2. The maximum absolute atomic E-state index is 6.37. The van der Waals surface area contributed by atoms with E-state index in [1.54, 1.807) is 0 Å². The molecule has 0 atom stereocenters. The van der Waals surface area contributed by atoms with Gasteiger partial charge in [0.05, 0.1) is 11.4 Å². The number of rotatable bonds is 4. The Morgan fingerprint density at radius 2 is 1.81 bits per heavy atom. The third-order valence-corrected chi connectivity index (χ3v) is 6.30. The minimum atomic E-state index is 0.838. The first-order chi connectivity index (χ1) is 12.7. The first-order valence-electron chi connectivity index (χ1n) is 9.34. The first-order valence-corrected chi connectivity index (χ1v) is 10.2. The van der Waals surface area contributed by atoms with Gasteiger partial charge in [0.15, 0.2) is 0 Å². The molecule has 1 aliphatic rings. The lowest BCUT2D eigenvalue weighted by atomic mass is 9.99. The predicted octanol–water partition coefficient (Wildman–Crippen LogP) is 6.04. The minimum absolute atomic E-state index is 0.838. The van der Waals surface area contributed by atoms with Crippen molar-refractivity contribution < 1.29 is 0 Å². The average molecular weight is 364 g/mol. The van der Waals surface area contributed by atoms with Crippen LogP contribution in [-0.2, 0) is 6.42 Å².